The molecule has 0 fully saturated rings. The van der Waals surface area contributed by atoms with Gasteiger partial charge in [0.2, 0.25) is 0 Å². The Morgan fingerprint density at radius 3 is 1.10 bits per heavy atom. The topological polar surface area (TPSA) is 0 Å². The molecule has 0 saturated heterocycles. The molecule has 0 atom stereocenters. The van der Waals surface area contributed by atoms with E-state index >= 15 is 0 Å². The summed E-state index contributed by atoms with van der Waals surface area (Å²) < 4.78 is 0. The van der Waals surface area contributed by atoms with Gasteiger partial charge in [-0.1, -0.05) is 109 Å². The van der Waals surface area contributed by atoms with Crippen molar-refractivity contribution in [3.63, 3.8) is 0 Å². The summed E-state index contributed by atoms with van der Waals surface area (Å²) in [6, 6.07) is 19.0. The number of benzene rings is 2. The number of hydrogen-bond donors (Lipinski definition) is 0. The monoisotopic (exact) mass is 328 g/mol. The number of rotatable bonds is 4. The fourth-order valence-corrected chi connectivity index (χ4v) is 6.99. The Kier molecular flexibility index (Phi) is 5.07. The summed E-state index contributed by atoms with van der Waals surface area (Å²) in [6.07, 6.45) is 0. The van der Waals surface area contributed by atoms with Gasteiger partial charge in [0.15, 0.2) is 0 Å². The van der Waals surface area contributed by atoms with Gasteiger partial charge in [-0.15, -0.1) is 0 Å². The van der Waals surface area contributed by atoms with Crippen molar-refractivity contribution in [3.05, 3.63) is 48.5 Å². The number of hydrogen-bond acceptors (Lipinski definition) is 0. The quantitative estimate of drug-likeness (QED) is 0.752. The molecule has 0 aliphatic carbocycles. The highest BCUT2D eigenvalue weighted by Gasteiger charge is 2.25. The minimum Gasteiger partial charge on any atom is -0.0682 e. The lowest BCUT2D eigenvalue weighted by Crippen LogP contribution is -2.53. The lowest BCUT2D eigenvalue weighted by atomic mass is 10.3. The van der Waals surface area contributed by atoms with Crippen molar-refractivity contribution >= 4 is 46.4 Å². The molecule has 3 heteroatoms. The van der Waals surface area contributed by atoms with Crippen molar-refractivity contribution in [1.29, 1.82) is 0 Å². The van der Waals surface area contributed by atoms with Gasteiger partial charge in [0.05, 0.1) is 17.6 Å². The van der Waals surface area contributed by atoms with Crippen LogP contribution >= 0.6 is 0 Å². The minimum atomic E-state index is -1.54. The summed E-state index contributed by atoms with van der Waals surface area (Å²) in [5, 5.41) is 6.25. The smallest absolute Gasteiger partial charge is 0.0682 e. The van der Waals surface area contributed by atoms with Crippen molar-refractivity contribution in [1.82, 2.24) is 0 Å². The van der Waals surface area contributed by atoms with Crippen LogP contribution in [0.1, 0.15) is 0 Å². The van der Waals surface area contributed by atoms with Gasteiger partial charge in [0.25, 0.3) is 0 Å². The zero-order valence-electron chi connectivity index (χ0n) is 14.3. The van der Waals surface area contributed by atoms with Crippen LogP contribution in [0.15, 0.2) is 48.5 Å². The van der Waals surface area contributed by atoms with Gasteiger partial charge < -0.3 is 0 Å². The van der Waals surface area contributed by atoms with Gasteiger partial charge in [0, 0.05) is 0 Å². The molecule has 0 unspecified atom stereocenters. The van der Waals surface area contributed by atoms with E-state index in [1.54, 1.807) is 20.7 Å². The lowest BCUT2D eigenvalue weighted by Gasteiger charge is -2.24. The van der Waals surface area contributed by atoms with Gasteiger partial charge in [-0.3, -0.25) is 0 Å². The Balaban J connectivity index is 2.31. The van der Waals surface area contributed by atoms with E-state index in [0.717, 1.165) is 0 Å². The molecule has 2 aromatic rings. The lowest BCUT2D eigenvalue weighted by molar-refractivity contribution is 1.69. The highest BCUT2D eigenvalue weighted by molar-refractivity contribution is 7.00. The molecule has 0 amide bonds. The predicted octanol–water partition coefficient (Wildman–Crippen LogP) is 1.90. The fraction of sp³-hybridized carbons (Fsp3) is 0.333. The second-order valence-electron chi connectivity index (χ2n) is 7.18. The molecular weight excluding hydrogens is 300 g/mol. The molecule has 0 aromatic heterocycles. The van der Waals surface area contributed by atoms with E-state index in [4.69, 9.17) is 0 Å². The first-order valence-electron chi connectivity index (χ1n) is 8.03. The second kappa shape index (κ2) is 6.46. The van der Waals surface area contributed by atoms with E-state index in [1.807, 2.05) is 0 Å². The molecule has 0 aliphatic rings. The standard InChI is InChI=1S/C18H28Si3/c1-19(2)15-7-11-17(12-8-15)21(5,6)18-13-9-16(10-14-18)20(3)4/h7-14,19-20H,1-6H3. The maximum Gasteiger partial charge on any atom is 0.112 e. The third kappa shape index (κ3) is 3.65. The SMILES string of the molecule is C[SiH](C)c1ccc([Si](C)(C)c2ccc([SiH](C)C)cc2)cc1. The molecule has 0 N–H and O–H groups in total. The Morgan fingerprint density at radius 2 is 0.857 bits per heavy atom. The summed E-state index contributed by atoms with van der Waals surface area (Å²) >= 11 is 0. The summed E-state index contributed by atoms with van der Waals surface area (Å²) in [5.41, 5.74) is 0. The van der Waals surface area contributed by atoms with E-state index in [1.165, 1.54) is 0 Å². The summed E-state index contributed by atoms with van der Waals surface area (Å²) in [5.74, 6) is 0. The van der Waals surface area contributed by atoms with E-state index in [9.17, 15) is 0 Å². The third-order valence-corrected chi connectivity index (χ3v) is 11.6. The van der Waals surface area contributed by atoms with Gasteiger partial charge >= 0.3 is 0 Å². The summed E-state index contributed by atoms with van der Waals surface area (Å²) in [7, 11) is -2.89. The van der Waals surface area contributed by atoms with Crippen LogP contribution in [0.5, 0.6) is 0 Å². The van der Waals surface area contributed by atoms with E-state index < -0.39 is 25.7 Å². The molecule has 0 heterocycles. The van der Waals surface area contributed by atoms with Crippen LogP contribution in [0.2, 0.25) is 39.3 Å². The van der Waals surface area contributed by atoms with Crippen LogP contribution in [0.25, 0.3) is 0 Å². The molecule has 0 spiro atoms. The third-order valence-electron chi connectivity index (χ3n) is 4.60. The van der Waals surface area contributed by atoms with E-state index in [-0.39, 0.29) is 0 Å². The summed E-state index contributed by atoms with van der Waals surface area (Å²) in [6.45, 7) is 14.5. The molecule has 21 heavy (non-hydrogen) atoms. The van der Waals surface area contributed by atoms with Crippen LogP contribution in [-0.4, -0.2) is 25.7 Å². The highest BCUT2D eigenvalue weighted by atomic mass is 28.3. The Morgan fingerprint density at radius 1 is 0.571 bits per heavy atom. The van der Waals surface area contributed by atoms with Crippen molar-refractivity contribution in [2.75, 3.05) is 0 Å². The Hall–Kier alpha value is -0.909. The average Bonchev–Trinajstić information content (AvgIpc) is 2.47. The first kappa shape index (κ1) is 16.5. The maximum atomic E-state index is 2.47. The second-order valence-corrected chi connectivity index (χ2v) is 17.5. The van der Waals surface area contributed by atoms with Gasteiger partial charge in [-0.25, -0.2) is 0 Å². The van der Waals surface area contributed by atoms with Gasteiger partial charge in [-0.2, -0.15) is 0 Å². The fourth-order valence-electron chi connectivity index (χ4n) is 2.74. The van der Waals surface area contributed by atoms with Crippen molar-refractivity contribution in [3.8, 4) is 0 Å². The van der Waals surface area contributed by atoms with Crippen molar-refractivity contribution < 1.29 is 0 Å². The zero-order valence-corrected chi connectivity index (χ0v) is 17.6. The maximum absolute atomic E-state index is 2.47. The molecule has 0 bridgehead atoms. The van der Waals surface area contributed by atoms with Gasteiger partial charge in [0.1, 0.15) is 8.07 Å². The highest BCUT2D eigenvalue weighted by Crippen LogP contribution is 2.04. The normalized spacial score (nSPS) is 12.2. The Labute approximate surface area is 134 Å². The summed E-state index contributed by atoms with van der Waals surface area (Å²) in [4.78, 5) is 0. The van der Waals surface area contributed by atoms with E-state index in [0.29, 0.717) is 0 Å². The van der Waals surface area contributed by atoms with Gasteiger partial charge in [-0.05, 0) is 0 Å². The van der Waals surface area contributed by atoms with Crippen molar-refractivity contribution in [2.45, 2.75) is 39.3 Å². The molecule has 112 valence electrons. The molecule has 0 aliphatic heterocycles. The van der Waals surface area contributed by atoms with E-state index in [2.05, 4.69) is 87.8 Å². The predicted molar refractivity (Wildman–Crippen MR) is 107 cm³/mol. The Bertz CT molecular complexity index is 527. The molecule has 2 rings (SSSR count). The molecule has 2 aromatic carbocycles. The average molecular weight is 329 g/mol. The first-order chi connectivity index (χ1) is 9.82. The van der Waals surface area contributed by atoms with Crippen LogP contribution < -0.4 is 20.7 Å². The molecule has 0 radical (unpaired) electrons. The van der Waals surface area contributed by atoms with Crippen LogP contribution in [0.4, 0.5) is 0 Å². The molecule has 0 nitrogen and oxygen atoms in total. The van der Waals surface area contributed by atoms with Crippen LogP contribution in [-0.2, 0) is 0 Å². The van der Waals surface area contributed by atoms with Crippen LogP contribution in [0, 0.1) is 0 Å². The molecule has 0 saturated carbocycles. The first-order valence-corrected chi connectivity index (χ1v) is 16.8. The largest absolute Gasteiger partial charge is 0.112 e. The van der Waals surface area contributed by atoms with Crippen LogP contribution in [0.3, 0.4) is 0 Å². The zero-order chi connectivity index (χ0) is 15.6. The van der Waals surface area contributed by atoms with Crippen molar-refractivity contribution in [2.24, 2.45) is 0 Å². The minimum absolute atomic E-state index is 0.675. The molecular formula is C18H28Si3.